The van der Waals surface area contributed by atoms with E-state index in [1.165, 1.54) is 41.1 Å². The molecule has 3 aromatic rings. The number of benzene rings is 2. The number of carbonyl (C=O) groups is 2. The van der Waals surface area contributed by atoms with Gasteiger partial charge in [-0.1, -0.05) is 50.0 Å². The predicted molar refractivity (Wildman–Crippen MR) is 138 cm³/mol. The normalized spacial score (nSPS) is 14.1. The highest BCUT2D eigenvalue weighted by molar-refractivity contribution is 6.35. The average molecular weight is 552 g/mol. The summed E-state index contributed by atoms with van der Waals surface area (Å²) >= 11 is 12.2. The maximum Gasteiger partial charge on any atom is 0.305 e. The minimum Gasteiger partial charge on any atom is -0.481 e. The van der Waals surface area contributed by atoms with Crippen LogP contribution in [0.15, 0.2) is 48.5 Å². The fourth-order valence-corrected chi connectivity index (χ4v) is 3.75. The van der Waals surface area contributed by atoms with Gasteiger partial charge in [-0.15, -0.1) is 0 Å². The van der Waals surface area contributed by atoms with Crippen molar-refractivity contribution in [1.82, 2.24) is 15.1 Å². The van der Waals surface area contributed by atoms with E-state index in [1.807, 2.05) is 20.8 Å². The van der Waals surface area contributed by atoms with E-state index in [2.05, 4.69) is 10.4 Å². The Morgan fingerprint density at radius 1 is 1.11 bits per heavy atom. The van der Waals surface area contributed by atoms with Crippen LogP contribution in [0.2, 0.25) is 10.0 Å². The highest BCUT2D eigenvalue weighted by Gasteiger charge is 2.36. The molecule has 0 saturated heterocycles. The number of ether oxygens (including phenoxy) is 1. The first-order valence-corrected chi connectivity index (χ1v) is 12.1. The second-order valence-electron chi connectivity index (χ2n) is 9.86. The molecule has 1 aromatic heterocycles. The Bertz CT molecular complexity index is 1290. The van der Waals surface area contributed by atoms with Gasteiger partial charge in [-0.25, -0.2) is 9.07 Å². The lowest BCUT2D eigenvalue weighted by Gasteiger charge is -2.36. The zero-order chi connectivity index (χ0) is 27.5. The number of carboxylic acids is 1. The average Bonchev–Trinajstić information content (AvgIpc) is 3.21. The van der Waals surface area contributed by atoms with Crippen LogP contribution in [0, 0.1) is 11.2 Å². The minimum atomic E-state index is -1.23. The molecule has 1 amide bonds. The van der Waals surface area contributed by atoms with Crippen molar-refractivity contribution >= 4 is 35.1 Å². The quantitative estimate of drug-likeness (QED) is 0.326. The van der Waals surface area contributed by atoms with Crippen LogP contribution in [-0.2, 0) is 4.79 Å². The lowest BCUT2D eigenvalue weighted by Crippen LogP contribution is -2.45. The van der Waals surface area contributed by atoms with Crippen LogP contribution in [0.3, 0.4) is 0 Å². The van der Waals surface area contributed by atoms with Gasteiger partial charge in [-0.2, -0.15) is 5.10 Å². The molecule has 2 atom stereocenters. The second-order valence-corrected chi connectivity index (χ2v) is 10.7. The van der Waals surface area contributed by atoms with E-state index in [0.717, 1.165) is 0 Å². The van der Waals surface area contributed by atoms with Crippen LogP contribution in [0.1, 0.15) is 56.2 Å². The Hall–Kier alpha value is -3.14. The van der Waals surface area contributed by atoms with E-state index in [1.54, 1.807) is 19.1 Å². The van der Waals surface area contributed by atoms with Crippen molar-refractivity contribution in [1.29, 1.82) is 0 Å². The van der Waals surface area contributed by atoms with Gasteiger partial charge in [0.25, 0.3) is 5.91 Å². The molecule has 1 heterocycles. The first kappa shape index (κ1) is 28.4. The van der Waals surface area contributed by atoms with Gasteiger partial charge < -0.3 is 20.3 Å². The van der Waals surface area contributed by atoms with Crippen molar-refractivity contribution in [3.63, 3.8) is 0 Å². The number of nitrogens with zero attached hydrogens (tertiary/aromatic N) is 2. The van der Waals surface area contributed by atoms with Gasteiger partial charge >= 0.3 is 5.97 Å². The fraction of sp³-hybridized carbons (Fsp3) is 0.346. The molecule has 8 nitrogen and oxygen atoms in total. The first-order chi connectivity index (χ1) is 17.2. The topological polar surface area (TPSA) is 114 Å². The fourth-order valence-electron chi connectivity index (χ4n) is 3.21. The molecular weight excluding hydrogens is 524 g/mol. The largest absolute Gasteiger partial charge is 0.481 e. The van der Waals surface area contributed by atoms with Crippen molar-refractivity contribution in [2.75, 3.05) is 6.61 Å². The molecule has 0 aliphatic heterocycles. The van der Waals surface area contributed by atoms with E-state index >= 15 is 0 Å². The number of nitrogens with one attached hydrogen (secondary N) is 1. The summed E-state index contributed by atoms with van der Waals surface area (Å²) < 4.78 is 20.7. The first-order valence-electron chi connectivity index (χ1n) is 11.4. The number of hydrogen-bond acceptors (Lipinski definition) is 5. The van der Waals surface area contributed by atoms with Gasteiger partial charge in [0, 0.05) is 16.1 Å². The number of aliphatic carboxylic acids is 1. The van der Waals surface area contributed by atoms with Crippen LogP contribution in [0.5, 0.6) is 5.88 Å². The molecule has 0 unspecified atom stereocenters. The summed E-state index contributed by atoms with van der Waals surface area (Å²) in [6.07, 6.45) is -0.441. The molecule has 0 fully saturated rings. The van der Waals surface area contributed by atoms with Crippen molar-refractivity contribution in [3.05, 3.63) is 75.7 Å². The van der Waals surface area contributed by atoms with E-state index < -0.39 is 41.2 Å². The molecule has 3 rings (SSSR count). The number of aliphatic hydroxyl groups is 1. The third-order valence-electron chi connectivity index (χ3n) is 6.12. The summed E-state index contributed by atoms with van der Waals surface area (Å²) in [4.78, 5) is 24.7. The third kappa shape index (κ3) is 7.00. The maximum absolute atomic E-state index is 13.5. The summed E-state index contributed by atoms with van der Waals surface area (Å²) in [5.41, 5.74) is -1.05. The van der Waals surface area contributed by atoms with Crippen LogP contribution in [-0.4, -0.2) is 44.1 Å². The Labute approximate surface area is 224 Å². The zero-order valence-electron chi connectivity index (χ0n) is 20.8. The lowest BCUT2D eigenvalue weighted by atomic mass is 9.78. The molecule has 37 heavy (non-hydrogen) atoms. The zero-order valence-corrected chi connectivity index (χ0v) is 22.3. The summed E-state index contributed by atoms with van der Waals surface area (Å²) in [6.45, 7) is 7.09. The van der Waals surface area contributed by atoms with Crippen LogP contribution < -0.4 is 10.1 Å². The van der Waals surface area contributed by atoms with Crippen LogP contribution in [0.25, 0.3) is 5.69 Å². The van der Waals surface area contributed by atoms with E-state index in [0.29, 0.717) is 16.3 Å². The molecule has 2 aromatic carbocycles. The van der Waals surface area contributed by atoms with Crippen LogP contribution in [0.4, 0.5) is 4.39 Å². The minimum absolute atomic E-state index is 0.0878. The number of halogens is 3. The van der Waals surface area contributed by atoms with Crippen molar-refractivity contribution in [2.24, 2.45) is 5.41 Å². The Balaban J connectivity index is 1.95. The van der Waals surface area contributed by atoms with Gasteiger partial charge in [0.1, 0.15) is 18.0 Å². The SMILES string of the molecule is CC(C)(C)[C@](C)(O)COc1cc(C(=O)N[C@@H](CC(=O)O)c2ccc(Cl)cc2Cl)nn1-c1ccc(F)cc1. The molecule has 0 aliphatic rings. The molecule has 0 spiro atoms. The molecule has 11 heteroatoms. The van der Waals surface area contributed by atoms with E-state index in [9.17, 15) is 24.2 Å². The van der Waals surface area contributed by atoms with Crippen molar-refractivity contribution < 1.29 is 28.9 Å². The third-order valence-corrected chi connectivity index (χ3v) is 6.68. The second kappa shape index (κ2) is 11.1. The Morgan fingerprint density at radius 2 is 1.76 bits per heavy atom. The van der Waals surface area contributed by atoms with E-state index in [4.69, 9.17) is 27.9 Å². The molecule has 198 valence electrons. The number of rotatable bonds is 9. The molecule has 0 bridgehead atoms. The maximum atomic E-state index is 13.5. The van der Waals surface area contributed by atoms with Gasteiger partial charge in [-0.3, -0.25) is 9.59 Å². The number of amides is 1. The summed E-state index contributed by atoms with van der Waals surface area (Å²) in [7, 11) is 0. The van der Waals surface area contributed by atoms with Gasteiger partial charge in [0.2, 0.25) is 5.88 Å². The molecular formula is C26H28Cl2FN3O5. The lowest BCUT2D eigenvalue weighted by molar-refractivity contribution is -0.137. The van der Waals surface area contributed by atoms with Gasteiger partial charge in [0.05, 0.1) is 18.2 Å². The number of carboxylic acid groups (broad SMARTS) is 1. The monoisotopic (exact) mass is 551 g/mol. The highest BCUT2D eigenvalue weighted by Crippen LogP contribution is 2.32. The smallest absolute Gasteiger partial charge is 0.305 e. The van der Waals surface area contributed by atoms with Crippen LogP contribution >= 0.6 is 23.2 Å². The standard InChI is InChI=1S/C26H28Cl2FN3O5/c1-25(2,3)26(4,36)14-37-22-12-21(31-32(22)17-8-6-16(29)7-9-17)24(35)30-20(13-23(33)34)18-10-5-15(27)11-19(18)28/h5-12,20,36H,13-14H2,1-4H3,(H,30,35)(H,33,34)/t20-,26+/m0/s1. The Morgan fingerprint density at radius 3 is 2.32 bits per heavy atom. The van der Waals surface area contributed by atoms with Crippen molar-refractivity contribution in [2.45, 2.75) is 45.8 Å². The molecule has 3 N–H and O–H groups in total. The summed E-state index contributed by atoms with van der Waals surface area (Å²) in [5, 5.41) is 27.8. The Kier molecular flexibility index (Phi) is 8.52. The number of hydrogen-bond donors (Lipinski definition) is 3. The summed E-state index contributed by atoms with van der Waals surface area (Å²) in [5.74, 6) is -2.17. The van der Waals surface area contributed by atoms with E-state index in [-0.39, 0.29) is 23.2 Å². The highest BCUT2D eigenvalue weighted by atomic mass is 35.5. The van der Waals surface area contributed by atoms with Gasteiger partial charge in [0.15, 0.2) is 5.69 Å². The molecule has 0 saturated carbocycles. The number of carbonyl (C=O) groups excluding carboxylic acids is 1. The summed E-state index contributed by atoms with van der Waals surface area (Å²) in [6, 6.07) is 10.3. The van der Waals surface area contributed by atoms with Crippen molar-refractivity contribution in [3.8, 4) is 11.6 Å². The molecule has 0 aliphatic carbocycles. The predicted octanol–water partition coefficient (Wildman–Crippen LogP) is 5.44. The van der Waals surface area contributed by atoms with Gasteiger partial charge in [-0.05, 0) is 54.3 Å². The number of aromatic nitrogens is 2. The molecule has 0 radical (unpaired) electrons.